The van der Waals surface area contributed by atoms with Gasteiger partial charge in [-0.3, -0.25) is 0 Å². The number of pyridine rings is 1. The molecule has 0 aliphatic carbocycles. The van der Waals surface area contributed by atoms with Crippen molar-refractivity contribution in [2.45, 2.75) is 13.3 Å². The van der Waals surface area contributed by atoms with Gasteiger partial charge in [-0.25, -0.2) is 4.98 Å². The number of rotatable bonds is 2. The van der Waals surface area contributed by atoms with Crippen LogP contribution in [0.15, 0.2) is 18.3 Å². The minimum absolute atomic E-state index is 0.393. The maximum absolute atomic E-state index is 8.32. The molecule has 0 aliphatic heterocycles. The zero-order chi connectivity index (χ0) is 9.68. The molecule has 1 rings (SSSR count). The predicted molar refractivity (Wildman–Crippen MR) is 53.2 cm³/mol. The first kappa shape index (κ1) is 9.76. The molecule has 0 amide bonds. The van der Waals surface area contributed by atoms with Crippen LogP contribution in [0.4, 0.5) is 0 Å². The highest BCUT2D eigenvalue weighted by atomic mass is 35.5. The van der Waals surface area contributed by atoms with Crippen molar-refractivity contribution in [3.05, 3.63) is 34.6 Å². The summed E-state index contributed by atoms with van der Waals surface area (Å²) in [4.78, 5) is 3.99. The molecule has 1 aromatic rings. The van der Waals surface area contributed by atoms with Crippen molar-refractivity contribution in [3.8, 4) is 6.07 Å². The Morgan fingerprint density at radius 3 is 3.15 bits per heavy atom. The second kappa shape index (κ2) is 4.64. The van der Waals surface area contributed by atoms with Crippen LogP contribution in [0.2, 0.25) is 5.15 Å². The number of nitrogens with zero attached hydrogens (tertiary/aromatic N) is 2. The summed E-state index contributed by atoms with van der Waals surface area (Å²) < 4.78 is 0. The van der Waals surface area contributed by atoms with Crippen molar-refractivity contribution in [2.24, 2.45) is 0 Å². The third kappa shape index (κ3) is 2.89. The maximum atomic E-state index is 8.32. The number of aromatic nitrogens is 1. The fourth-order valence-electron chi connectivity index (χ4n) is 0.931. The Balaban J connectivity index is 2.88. The number of nitriles is 1. The molecule has 0 saturated carbocycles. The van der Waals surface area contributed by atoms with E-state index in [9.17, 15) is 0 Å². The molecule has 3 heteroatoms. The average Bonchev–Trinajstić information content (AvgIpc) is 2.11. The normalized spacial score (nSPS) is 10.2. The van der Waals surface area contributed by atoms with Gasteiger partial charge >= 0.3 is 0 Å². The van der Waals surface area contributed by atoms with Gasteiger partial charge in [0.05, 0.1) is 12.5 Å². The minimum atomic E-state index is 0.393. The molecule has 66 valence electrons. The van der Waals surface area contributed by atoms with Gasteiger partial charge in [-0.2, -0.15) is 5.26 Å². The zero-order valence-corrected chi connectivity index (χ0v) is 8.04. The number of halogens is 1. The SMILES string of the molecule is Cc1cnc(Cl)c(C=CCC#N)c1. The van der Waals surface area contributed by atoms with Gasteiger partial charge in [0.15, 0.2) is 0 Å². The van der Waals surface area contributed by atoms with E-state index in [4.69, 9.17) is 16.9 Å². The Morgan fingerprint density at radius 1 is 1.69 bits per heavy atom. The number of hydrogen-bond donors (Lipinski definition) is 0. The fourth-order valence-corrected chi connectivity index (χ4v) is 1.10. The Labute approximate surface area is 82.5 Å². The summed E-state index contributed by atoms with van der Waals surface area (Å²) in [6.07, 6.45) is 5.68. The lowest BCUT2D eigenvalue weighted by Gasteiger charge is -1.97. The monoisotopic (exact) mass is 192 g/mol. The van der Waals surface area contributed by atoms with Crippen LogP contribution in [0.25, 0.3) is 6.08 Å². The molecule has 0 bridgehead atoms. The van der Waals surface area contributed by atoms with Crippen molar-refractivity contribution < 1.29 is 0 Å². The van der Waals surface area contributed by atoms with E-state index in [-0.39, 0.29) is 0 Å². The summed E-state index contributed by atoms with van der Waals surface area (Å²) in [5, 5.41) is 8.79. The first-order chi connectivity index (χ1) is 6.24. The summed E-state index contributed by atoms with van der Waals surface area (Å²) in [5.41, 5.74) is 1.91. The first-order valence-corrected chi connectivity index (χ1v) is 4.27. The lowest BCUT2D eigenvalue weighted by molar-refractivity contribution is 1.26. The van der Waals surface area contributed by atoms with Gasteiger partial charge < -0.3 is 0 Å². The van der Waals surface area contributed by atoms with Gasteiger partial charge in [-0.1, -0.05) is 23.8 Å². The van der Waals surface area contributed by atoms with Crippen molar-refractivity contribution in [1.82, 2.24) is 4.98 Å². The third-order valence-electron chi connectivity index (χ3n) is 1.51. The maximum Gasteiger partial charge on any atom is 0.136 e. The molecule has 0 saturated heterocycles. The van der Waals surface area contributed by atoms with Crippen LogP contribution in [-0.2, 0) is 0 Å². The Hall–Kier alpha value is -1.33. The van der Waals surface area contributed by atoms with Crippen LogP contribution in [0.5, 0.6) is 0 Å². The highest BCUT2D eigenvalue weighted by Crippen LogP contribution is 2.15. The van der Waals surface area contributed by atoms with E-state index in [2.05, 4.69) is 4.98 Å². The summed E-state index contributed by atoms with van der Waals surface area (Å²) in [7, 11) is 0. The Bertz CT molecular complexity index is 364. The lowest BCUT2D eigenvalue weighted by Crippen LogP contribution is -1.82. The molecule has 13 heavy (non-hydrogen) atoms. The quantitative estimate of drug-likeness (QED) is 0.676. The molecular formula is C10H9ClN2. The highest BCUT2D eigenvalue weighted by Gasteiger charge is 1.96. The van der Waals surface area contributed by atoms with E-state index >= 15 is 0 Å². The van der Waals surface area contributed by atoms with Gasteiger partial charge in [0.2, 0.25) is 0 Å². The van der Waals surface area contributed by atoms with Crippen LogP contribution in [0.1, 0.15) is 17.5 Å². The van der Waals surface area contributed by atoms with Crippen LogP contribution in [0, 0.1) is 18.3 Å². The summed E-state index contributed by atoms with van der Waals surface area (Å²) in [6, 6.07) is 3.96. The van der Waals surface area contributed by atoms with Crippen LogP contribution in [-0.4, -0.2) is 4.98 Å². The largest absolute Gasteiger partial charge is 0.244 e. The zero-order valence-electron chi connectivity index (χ0n) is 7.29. The molecule has 0 atom stereocenters. The van der Waals surface area contributed by atoms with E-state index in [1.807, 2.05) is 25.1 Å². The summed E-state index contributed by atoms with van der Waals surface area (Å²) >= 11 is 5.83. The topological polar surface area (TPSA) is 36.7 Å². The first-order valence-electron chi connectivity index (χ1n) is 3.89. The van der Waals surface area contributed by atoms with E-state index in [1.165, 1.54) is 0 Å². The molecule has 0 radical (unpaired) electrons. The molecule has 0 unspecified atom stereocenters. The van der Waals surface area contributed by atoms with Gasteiger partial charge in [0.25, 0.3) is 0 Å². The molecule has 1 heterocycles. The van der Waals surface area contributed by atoms with Crippen LogP contribution >= 0.6 is 11.6 Å². The standard InChI is InChI=1S/C10H9ClN2/c1-8-6-9(4-2-3-5-12)10(11)13-7-8/h2,4,6-7H,3H2,1H3. The number of allylic oxidation sites excluding steroid dienone is 1. The molecule has 0 fully saturated rings. The van der Waals surface area contributed by atoms with Gasteiger partial charge in [0, 0.05) is 11.8 Å². The van der Waals surface area contributed by atoms with Crippen LogP contribution < -0.4 is 0 Å². The van der Waals surface area contributed by atoms with Gasteiger partial charge in [-0.05, 0) is 18.6 Å². The molecule has 0 N–H and O–H groups in total. The van der Waals surface area contributed by atoms with E-state index < -0.39 is 0 Å². The smallest absolute Gasteiger partial charge is 0.136 e. The fraction of sp³-hybridized carbons (Fsp3) is 0.200. The summed E-state index contributed by atoms with van der Waals surface area (Å²) in [5.74, 6) is 0. The Kier molecular flexibility index (Phi) is 3.48. The van der Waals surface area contributed by atoms with Crippen molar-refractivity contribution in [3.63, 3.8) is 0 Å². The van der Waals surface area contributed by atoms with E-state index in [0.29, 0.717) is 11.6 Å². The molecule has 2 nitrogen and oxygen atoms in total. The number of aryl methyl sites for hydroxylation is 1. The summed E-state index contributed by atoms with van der Waals surface area (Å²) in [6.45, 7) is 1.95. The average molecular weight is 193 g/mol. The van der Waals surface area contributed by atoms with Crippen LogP contribution in [0.3, 0.4) is 0 Å². The highest BCUT2D eigenvalue weighted by molar-refractivity contribution is 6.30. The molecular weight excluding hydrogens is 184 g/mol. The van der Waals surface area contributed by atoms with Crippen molar-refractivity contribution in [1.29, 1.82) is 5.26 Å². The van der Waals surface area contributed by atoms with Crippen molar-refractivity contribution in [2.75, 3.05) is 0 Å². The predicted octanol–water partition coefficient (Wildman–Crippen LogP) is 2.97. The second-order valence-electron chi connectivity index (χ2n) is 2.66. The van der Waals surface area contributed by atoms with Crippen molar-refractivity contribution >= 4 is 17.7 Å². The molecule has 1 aromatic heterocycles. The third-order valence-corrected chi connectivity index (χ3v) is 1.83. The van der Waals surface area contributed by atoms with E-state index in [1.54, 1.807) is 12.3 Å². The number of hydrogen-bond acceptors (Lipinski definition) is 2. The Morgan fingerprint density at radius 2 is 2.46 bits per heavy atom. The molecule has 0 aromatic carbocycles. The van der Waals surface area contributed by atoms with Gasteiger partial charge in [-0.15, -0.1) is 0 Å². The minimum Gasteiger partial charge on any atom is -0.244 e. The molecule has 0 aliphatic rings. The van der Waals surface area contributed by atoms with Gasteiger partial charge in [0.1, 0.15) is 5.15 Å². The molecule has 0 spiro atoms. The van der Waals surface area contributed by atoms with E-state index in [0.717, 1.165) is 11.1 Å². The lowest BCUT2D eigenvalue weighted by atomic mass is 10.2. The second-order valence-corrected chi connectivity index (χ2v) is 3.02.